The third kappa shape index (κ3) is 5.07. The van der Waals surface area contributed by atoms with Gasteiger partial charge in [0.05, 0.1) is 5.92 Å². The summed E-state index contributed by atoms with van der Waals surface area (Å²) in [4.78, 5) is 23.2. The first-order valence-corrected chi connectivity index (χ1v) is 6.57. The number of terminal acetylenes is 2. The summed E-state index contributed by atoms with van der Waals surface area (Å²) >= 11 is 0. The van der Waals surface area contributed by atoms with Crippen LogP contribution in [0.1, 0.15) is 13.8 Å². The minimum absolute atomic E-state index is 0.385. The number of allylic oxidation sites excluding steroid dienone is 1. The van der Waals surface area contributed by atoms with E-state index in [-0.39, 0.29) is 5.92 Å². The SMILES string of the molecule is C#CC(C#C)OC(=O)[C@@H]1[C@H](C=CC(=O)OCC(F)(F)F)C1(C)C. The molecule has 0 aromatic carbocycles. The van der Waals surface area contributed by atoms with Crippen molar-refractivity contribution < 1.29 is 32.2 Å². The number of alkyl halides is 3. The molecule has 1 aliphatic rings. The van der Waals surface area contributed by atoms with E-state index in [2.05, 4.69) is 16.6 Å². The Hall–Kier alpha value is -2.41. The summed E-state index contributed by atoms with van der Waals surface area (Å²) in [6.45, 7) is 1.83. The molecule has 0 heterocycles. The number of ether oxygens (including phenoxy) is 2. The van der Waals surface area contributed by atoms with Crippen LogP contribution < -0.4 is 0 Å². The van der Waals surface area contributed by atoms with Gasteiger partial charge in [-0.25, -0.2) is 4.79 Å². The molecular formula is C16H15F3O4. The standard InChI is InChI=1S/C16H15F3O4/c1-5-10(6-2)23-14(21)13-11(15(13,3)4)7-8-12(20)22-9-16(17,18)19/h1-2,7-8,10-11,13H,9H2,3-4H3/t11-,13-/m0/s1. The van der Waals surface area contributed by atoms with Gasteiger partial charge in [0.25, 0.3) is 0 Å². The van der Waals surface area contributed by atoms with Crippen molar-refractivity contribution in [1.29, 1.82) is 0 Å². The van der Waals surface area contributed by atoms with Crippen LogP contribution in [-0.4, -0.2) is 30.8 Å². The Morgan fingerprint density at radius 1 is 1.30 bits per heavy atom. The summed E-state index contributed by atoms with van der Waals surface area (Å²) in [5, 5.41) is 0. The molecule has 7 heteroatoms. The van der Waals surface area contributed by atoms with Gasteiger partial charge in [-0.1, -0.05) is 19.9 Å². The van der Waals surface area contributed by atoms with E-state index in [0.717, 1.165) is 6.08 Å². The Labute approximate surface area is 132 Å². The molecule has 0 saturated heterocycles. The first-order valence-electron chi connectivity index (χ1n) is 6.57. The Bertz CT molecular complexity index is 576. The predicted octanol–water partition coefficient (Wildman–Crippen LogP) is 2.10. The fourth-order valence-corrected chi connectivity index (χ4v) is 2.18. The van der Waals surface area contributed by atoms with Gasteiger partial charge in [-0.3, -0.25) is 4.79 Å². The second kappa shape index (κ2) is 6.78. The maximum atomic E-state index is 11.9. The number of hydrogen-bond donors (Lipinski definition) is 0. The van der Waals surface area contributed by atoms with Crippen LogP contribution in [0.3, 0.4) is 0 Å². The monoisotopic (exact) mass is 328 g/mol. The van der Waals surface area contributed by atoms with Gasteiger partial charge in [-0.2, -0.15) is 13.2 Å². The maximum Gasteiger partial charge on any atom is 0.422 e. The van der Waals surface area contributed by atoms with Crippen molar-refractivity contribution in [3.05, 3.63) is 12.2 Å². The van der Waals surface area contributed by atoms with Crippen molar-refractivity contribution in [2.45, 2.75) is 26.1 Å². The van der Waals surface area contributed by atoms with Crippen LogP contribution in [0.25, 0.3) is 0 Å². The minimum atomic E-state index is -4.59. The zero-order chi connectivity index (χ0) is 17.8. The number of hydrogen-bond acceptors (Lipinski definition) is 4. The van der Waals surface area contributed by atoms with Gasteiger partial charge in [0.2, 0.25) is 6.10 Å². The molecule has 1 fully saturated rings. The molecule has 0 amide bonds. The van der Waals surface area contributed by atoms with E-state index in [0.29, 0.717) is 0 Å². The van der Waals surface area contributed by atoms with E-state index in [9.17, 15) is 22.8 Å². The fourth-order valence-electron chi connectivity index (χ4n) is 2.18. The molecule has 1 aliphatic carbocycles. The molecule has 124 valence electrons. The number of carbonyl (C=O) groups excluding carboxylic acids is 2. The molecular weight excluding hydrogens is 313 g/mol. The first kappa shape index (κ1) is 18.6. The average Bonchev–Trinajstić information content (AvgIpc) is 3.00. The number of rotatable bonds is 5. The predicted molar refractivity (Wildman–Crippen MR) is 74.5 cm³/mol. The fraction of sp³-hybridized carbons (Fsp3) is 0.500. The summed E-state index contributed by atoms with van der Waals surface area (Å²) in [7, 11) is 0. The lowest BCUT2D eigenvalue weighted by Crippen LogP contribution is -2.19. The molecule has 1 saturated carbocycles. The molecule has 0 radical (unpaired) electrons. The number of halogens is 3. The van der Waals surface area contributed by atoms with Crippen LogP contribution in [0.5, 0.6) is 0 Å². The topological polar surface area (TPSA) is 52.6 Å². The Kier molecular flexibility index (Phi) is 5.50. The molecule has 1 rings (SSSR count). The molecule has 23 heavy (non-hydrogen) atoms. The minimum Gasteiger partial charge on any atom is -0.453 e. The van der Waals surface area contributed by atoms with Crippen LogP contribution in [0, 0.1) is 41.9 Å². The Balaban J connectivity index is 2.60. The van der Waals surface area contributed by atoms with E-state index >= 15 is 0 Å². The van der Waals surface area contributed by atoms with Gasteiger partial charge in [-0.15, -0.1) is 12.8 Å². The Morgan fingerprint density at radius 2 is 1.87 bits per heavy atom. The second-order valence-electron chi connectivity index (χ2n) is 5.56. The van der Waals surface area contributed by atoms with Crippen molar-refractivity contribution in [3.8, 4) is 24.7 Å². The molecule has 2 atom stereocenters. The van der Waals surface area contributed by atoms with Gasteiger partial charge < -0.3 is 9.47 Å². The van der Waals surface area contributed by atoms with Crippen LogP contribution in [0.2, 0.25) is 0 Å². The molecule has 0 aromatic rings. The van der Waals surface area contributed by atoms with Crippen molar-refractivity contribution >= 4 is 11.9 Å². The lowest BCUT2D eigenvalue weighted by atomic mass is 10.1. The van der Waals surface area contributed by atoms with E-state index in [1.54, 1.807) is 13.8 Å². The van der Waals surface area contributed by atoms with Gasteiger partial charge in [0, 0.05) is 6.08 Å². The smallest absolute Gasteiger partial charge is 0.422 e. The van der Waals surface area contributed by atoms with Gasteiger partial charge in [0.15, 0.2) is 6.61 Å². The van der Waals surface area contributed by atoms with Crippen molar-refractivity contribution in [2.24, 2.45) is 17.3 Å². The number of carbonyl (C=O) groups is 2. The average molecular weight is 328 g/mol. The lowest BCUT2D eigenvalue weighted by molar-refractivity contribution is -0.182. The molecule has 0 bridgehead atoms. The molecule has 0 aromatic heterocycles. The van der Waals surface area contributed by atoms with Crippen LogP contribution >= 0.6 is 0 Å². The first-order chi connectivity index (χ1) is 10.5. The highest BCUT2D eigenvalue weighted by Gasteiger charge is 2.61. The maximum absolute atomic E-state index is 11.9. The molecule has 4 nitrogen and oxygen atoms in total. The quantitative estimate of drug-likeness (QED) is 0.441. The molecule has 0 spiro atoms. The third-order valence-electron chi connectivity index (χ3n) is 3.52. The summed E-state index contributed by atoms with van der Waals surface area (Å²) < 4.78 is 44.7. The highest BCUT2D eigenvalue weighted by molar-refractivity contribution is 5.83. The largest absolute Gasteiger partial charge is 0.453 e. The summed E-state index contributed by atoms with van der Waals surface area (Å²) in [5.41, 5.74) is -0.522. The number of esters is 2. The summed E-state index contributed by atoms with van der Waals surface area (Å²) in [6, 6.07) is 0. The lowest BCUT2D eigenvalue weighted by Gasteiger charge is -2.06. The molecule has 0 N–H and O–H groups in total. The van der Waals surface area contributed by atoms with Crippen LogP contribution in [0.4, 0.5) is 13.2 Å². The highest BCUT2D eigenvalue weighted by atomic mass is 19.4. The third-order valence-corrected chi connectivity index (χ3v) is 3.52. The van der Waals surface area contributed by atoms with Crippen LogP contribution in [0.15, 0.2) is 12.2 Å². The highest BCUT2D eigenvalue weighted by Crippen LogP contribution is 2.59. The zero-order valence-electron chi connectivity index (χ0n) is 12.5. The van der Waals surface area contributed by atoms with Crippen molar-refractivity contribution in [1.82, 2.24) is 0 Å². The zero-order valence-corrected chi connectivity index (χ0v) is 12.5. The van der Waals surface area contributed by atoms with Gasteiger partial charge in [0.1, 0.15) is 0 Å². The van der Waals surface area contributed by atoms with E-state index in [4.69, 9.17) is 17.6 Å². The second-order valence-corrected chi connectivity index (χ2v) is 5.56. The van der Waals surface area contributed by atoms with E-state index < -0.39 is 42.2 Å². The van der Waals surface area contributed by atoms with E-state index in [1.165, 1.54) is 6.08 Å². The molecule has 0 unspecified atom stereocenters. The van der Waals surface area contributed by atoms with Gasteiger partial charge in [-0.05, 0) is 23.2 Å². The Morgan fingerprint density at radius 3 is 2.35 bits per heavy atom. The summed E-state index contributed by atoms with van der Waals surface area (Å²) in [6.07, 6.45) is 6.69. The van der Waals surface area contributed by atoms with E-state index in [1.807, 2.05) is 0 Å². The molecule has 0 aliphatic heterocycles. The van der Waals surface area contributed by atoms with Crippen molar-refractivity contribution in [2.75, 3.05) is 6.61 Å². The normalized spacial score (nSPS) is 22.3. The van der Waals surface area contributed by atoms with Crippen molar-refractivity contribution in [3.63, 3.8) is 0 Å². The van der Waals surface area contributed by atoms with Crippen LogP contribution in [-0.2, 0) is 19.1 Å². The van der Waals surface area contributed by atoms with Gasteiger partial charge >= 0.3 is 18.1 Å². The summed E-state index contributed by atoms with van der Waals surface area (Å²) in [5.74, 6) is 1.50.